The van der Waals surface area contributed by atoms with Gasteiger partial charge in [-0.2, -0.15) is 0 Å². The summed E-state index contributed by atoms with van der Waals surface area (Å²) in [6, 6.07) is 7.74. The van der Waals surface area contributed by atoms with Crippen molar-refractivity contribution in [1.82, 2.24) is 10.2 Å². The summed E-state index contributed by atoms with van der Waals surface area (Å²) in [4.78, 5) is 24.6. The van der Waals surface area contributed by atoms with Crippen LogP contribution in [0.5, 0.6) is 0 Å². The van der Waals surface area contributed by atoms with Gasteiger partial charge in [0.1, 0.15) is 0 Å². The summed E-state index contributed by atoms with van der Waals surface area (Å²) < 4.78 is 0.976. The molecular formula is C14H15BrN2O3. The summed E-state index contributed by atoms with van der Waals surface area (Å²) in [7, 11) is 0. The van der Waals surface area contributed by atoms with Gasteiger partial charge in [0.05, 0.1) is 12.0 Å². The molecule has 2 fully saturated rings. The fraction of sp³-hybridized carbons (Fsp3) is 0.429. The van der Waals surface area contributed by atoms with E-state index in [1.54, 1.807) is 4.90 Å². The monoisotopic (exact) mass is 338 g/mol. The number of aliphatic carboxylic acids is 1. The predicted molar refractivity (Wildman–Crippen MR) is 76.3 cm³/mol. The van der Waals surface area contributed by atoms with Crippen molar-refractivity contribution in [2.45, 2.75) is 24.9 Å². The Balaban J connectivity index is 1.68. The molecule has 0 aromatic heterocycles. The van der Waals surface area contributed by atoms with Crippen LogP contribution >= 0.6 is 15.9 Å². The lowest BCUT2D eigenvalue weighted by atomic mass is 9.79. The number of carbonyl (C=O) groups is 2. The maximum atomic E-state index is 12.0. The van der Waals surface area contributed by atoms with E-state index in [-0.39, 0.29) is 24.0 Å². The van der Waals surface area contributed by atoms with Crippen LogP contribution in [0.1, 0.15) is 24.4 Å². The number of halogens is 1. The highest BCUT2D eigenvalue weighted by molar-refractivity contribution is 9.10. The van der Waals surface area contributed by atoms with Gasteiger partial charge in [0.25, 0.3) is 0 Å². The average molecular weight is 339 g/mol. The topological polar surface area (TPSA) is 69.6 Å². The van der Waals surface area contributed by atoms with Crippen LogP contribution in [-0.4, -0.2) is 34.6 Å². The molecule has 3 rings (SSSR count). The van der Waals surface area contributed by atoms with E-state index in [0.29, 0.717) is 19.4 Å². The van der Waals surface area contributed by atoms with E-state index in [0.717, 1.165) is 10.0 Å². The summed E-state index contributed by atoms with van der Waals surface area (Å²) in [5.41, 5.74) is 1.05. The number of amides is 2. The minimum absolute atomic E-state index is 0.0399. The maximum absolute atomic E-state index is 12.0. The molecule has 2 N–H and O–H groups in total. The number of carbonyl (C=O) groups excluding carboxylic acids is 1. The number of hydrogen-bond acceptors (Lipinski definition) is 2. The van der Waals surface area contributed by atoms with Gasteiger partial charge in [-0.15, -0.1) is 0 Å². The van der Waals surface area contributed by atoms with Crippen molar-refractivity contribution in [2.24, 2.45) is 5.92 Å². The first-order valence-corrected chi connectivity index (χ1v) is 7.40. The SMILES string of the molecule is O=C(O)C1CC(N2CC(c3ccccc3Br)NC2=O)C1. The Morgan fingerprint density at radius 2 is 2.05 bits per heavy atom. The first-order valence-electron chi connectivity index (χ1n) is 6.60. The van der Waals surface area contributed by atoms with Crippen LogP contribution in [0.3, 0.4) is 0 Å². The fourth-order valence-corrected chi connectivity index (χ4v) is 3.41. The first-order chi connectivity index (χ1) is 9.56. The standard InChI is InChI=1S/C14H15BrN2O3/c15-11-4-2-1-3-10(11)12-7-17(14(20)16-12)9-5-8(6-9)13(18)19/h1-4,8-9,12H,5-7H2,(H,16,20)(H,18,19). The fourth-order valence-electron chi connectivity index (χ4n) is 2.85. The van der Waals surface area contributed by atoms with Crippen molar-refractivity contribution in [2.75, 3.05) is 6.54 Å². The van der Waals surface area contributed by atoms with Gasteiger partial charge in [0, 0.05) is 17.1 Å². The molecule has 1 aliphatic carbocycles. The van der Waals surface area contributed by atoms with E-state index < -0.39 is 5.97 Å². The maximum Gasteiger partial charge on any atom is 0.318 e. The number of urea groups is 1. The number of carboxylic acid groups (broad SMARTS) is 1. The molecule has 1 saturated heterocycles. The quantitative estimate of drug-likeness (QED) is 0.888. The Labute approximate surface area is 125 Å². The molecule has 1 heterocycles. The van der Waals surface area contributed by atoms with Gasteiger partial charge in [0.15, 0.2) is 0 Å². The molecule has 1 aromatic rings. The number of nitrogens with zero attached hydrogens (tertiary/aromatic N) is 1. The zero-order chi connectivity index (χ0) is 14.3. The highest BCUT2D eigenvalue weighted by Gasteiger charge is 2.43. The Bertz CT molecular complexity index is 557. The van der Waals surface area contributed by atoms with Gasteiger partial charge < -0.3 is 15.3 Å². The van der Waals surface area contributed by atoms with Crippen molar-refractivity contribution in [3.63, 3.8) is 0 Å². The minimum atomic E-state index is -0.761. The summed E-state index contributed by atoms with van der Waals surface area (Å²) in [6.07, 6.45) is 1.12. The number of nitrogens with one attached hydrogen (secondary N) is 1. The molecule has 20 heavy (non-hydrogen) atoms. The van der Waals surface area contributed by atoms with Crippen molar-refractivity contribution in [1.29, 1.82) is 0 Å². The van der Waals surface area contributed by atoms with Crippen molar-refractivity contribution in [3.05, 3.63) is 34.3 Å². The highest BCUT2D eigenvalue weighted by Crippen LogP contribution is 2.36. The van der Waals surface area contributed by atoms with Crippen LogP contribution in [0.4, 0.5) is 4.79 Å². The Hall–Kier alpha value is -1.56. The lowest BCUT2D eigenvalue weighted by Gasteiger charge is -2.38. The zero-order valence-electron chi connectivity index (χ0n) is 10.8. The van der Waals surface area contributed by atoms with E-state index in [9.17, 15) is 9.59 Å². The molecule has 0 bridgehead atoms. The van der Waals surface area contributed by atoms with Crippen LogP contribution in [-0.2, 0) is 4.79 Å². The van der Waals surface area contributed by atoms with E-state index in [2.05, 4.69) is 21.2 Å². The summed E-state index contributed by atoms with van der Waals surface area (Å²) in [6.45, 7) is 0.596. The third-order valence-corrected chi connectivity index (χ3v) is 4.84. The van der Waals surface area contributed by atoms with Crippen LogP contribution in [0, 0.1) is 5.92 Å². The summed E-state index contributed by atoms with van der Waals surface area (Å²) >= 11 is 3.50. The highest BCUT2D eigenvalue weighted by atomic mass is 79.9. The van der Waals surface area contributed by atoms with Gasteiger partial charge >= 0.3 is 12.0 Å². The Kier molecular flexibility index (Phi) is 3.41. The third kappa shape index (κ3) is 2.28. The van der Waals surface area contributed by atoms with Gasteiger partial charge in [-0.25, -0.2) is 4.79 Å². The lowest BCUT2D eigenvalue weighted by Crippen LogP contribution is -2.48. The zero-order valence-corrected chi connectivity index (χ0v) is 12.3. The largest absolute Gasteiger partial charge is 0.481 e. The van der Waals surface area contributed by atoms with Crippen LogP contribution in [0.15, 0.2) is 28.7 Å². The van der Waals surface area contributed by atoms with E-state index in [1.165, 1.54) is 0 Å². The second-order valence-corrected chi connectivity index (χ2v) is 6.19. The van der Waals surface area contributed by atoms with Crippen LogP contribution < -0.4 is 5.32 Å². The Morgan fingerprint density at radius 3 is 2.70 bits per heavy atom. The van der Waals surface area contributed by atoms with Crippen molar-refractivity contribution < 1.29 is 14.7 Å². The van der Waals surface area contributed by atoms with Crippen molar-refractivity contribution >= 4 is 27.9 Å². The second kappa shape index (κ2) is 5.09. The van der Waals surface area contributed by atoms with Crippen LogP contribution in [0.2, 0.25) is 0 Å². The third-order valence-electron chi connectivity index (χ3n) is 4.12. The second-order valence-electron chi connectivity index (χ2n) is 5.34. The number of hydrogen-bond donors (Lipinski definition) is 2. The molecule has 2 amide bonds. The molecule has 6 heteroatoms. The molecule has 1 unspecified atom stereocenters. The summed E-state index contributed by atoms with van der Waals surface area (Å²) in [5.74, 6) is -1.06. The van der Waals surface area contributed by atoms with E-state index >= 15 is 0 Å². The lowest BCUT2D eigenvalue weighted by molar-refractivity contribution is -0.146. The molecule has 1 aliphatic heterocycles. The normalized spacial score (nSPS) is 28.9. The van der Waals surface area contributed by atoms with Crippen molar-refractivity contribution in [3.8, 4) is 0 Å². The Morgan fingerprint density at radius 1 is 1.35 bits per heavy atom. The minimum Gasteiger partial charge on any atom is -0.481 e. The smallest absolute Gasteiger partial charge is 0.318 e. The number of carboxylic acids is 1. The molecule has 1 atom stereocenters. The van der Waals surface area contributed by atoms with Gasteiger partial charge in [-0.1, -0.05) is 34.1 Å². The molecular weight excluding hydrogens is 324 g/mol. The molecule has 0 spiro atoms. The molecule has 1 aromatic carbocycles. The molecule has 0 radical (unpaired) electrons. The van der Waals surface area contributed by atoms with Gasteiger partial charge in [0.2, 0.25) is 0 Å². The molecule has 1 saturated carbocycles. The average Bonchev–Trinajstić information content (AvgIpc) is 2.69. The van der Waals surface area contributed by atoms with Gasteiger partial charge in [-0.3, -0.25) is 4.79 Å². The number of rotatable bonds is 3. The van der Waals surface area contributed by atoms with E-state index in [4.69, 9.17) is 5.11 Å². The summed E-state index contributed by atoms with van der Waals surface area (Å²) in [5, 5.41) is 11.9. The van der Waals surface area contributed by atoms with Crippen LogP contribution in [0.25, 0.3) is 0 Å². The predicted octanol–water partition coefficient (Wildman–Crippen LogP) is 2.38. The van der Waals surface area contributed by atoms with Gasteiger partial charge in [-0.05, 0) is 24.5 Å². The molecule has 5 nitrogen and oxygen atoms in total. The number of benzene rings is 1. The molecule has 2 aliphatic rings. The molecule has 106 valence electrons. The van der Waals surface area contributed by atoms with E-state index in [1.807, 2.05) is 24.3 Å². The first kappa shape index (κ1) is 13.4.